The van der Waals surface area contributed by atoms with Gasteiger partial charge in [0.15, 0.2) is 0 Å². The summed E-state index contributed by atoms with van der Waals surface area (Å²) >= 11 is 5.95. The highest BCUT2D eigenvalue weighted by Gasteiger charge is 2.11. The minimum absolute atomic E-state index is 0.0523. The number of benzene rings is 2. The van der Waals surface area contributed by atoms with Crippen LogP contribution in [-0.4, -0.2) is 23.8 Å². The van der Waals surface area contributed by atoms with Gasteiger partial charge in [-0.15, -0.1) is 0 Å². The average Bonchev–Trinajstić information content (AvgIpc) is 2.98. The highest BCUT2D eigenvalue weighted by atomic mass is 35.5. The number of hydrogen-bond acceptors (Lipinski definition) is 2. The molecule has 24 heavy (non-hydrogen) atoms. The Labute approximate surface area is 144 Å². The number of carbonyl (C=O) groups excluding carboxylic acids is 2. The summed E-state index contributed by atoms with van der Waals surface area (Å²) in [5.41, 5.74) is 2.68. The van der Waals surface area contributed by atoms with Crippen molar-refractivity contribution < 1.29 is 9.59 Å². The van der Waals surface area contributed by atoms with Crippen molar-refractivity contribution in [2.24, 2.45) is 0 Å². The number of carbonyl (C=O) groups is 2. The molecule has 3 aromatic rings. The number of halogens is 1. The maximum absolute atomic E-state index is 12.4. The lowest BCUT2D eigenvalue weighted by Gasteiger charge is -2.15. The van der Waals surface area contributed by atoms with Gasteiger partial charge in [0.1, 0.15) is 5.69 Å². The number of aromatic amines is 1. The van der Waals surface area contributed by atoms with E-state index in [1.165, 1.54) is 11.8 Å². The normalized spacial score (nSPS) is 10.6. The number of amides is 2. The SMILES string of the molecule is CC(=O)N(C)c1ccc(NC(=O)c2cc3ccc(Cl)cc3[nH]2)cc1. The molecule has 2 aromatic carbocycles. The molecule has 6 heteroatoms. The number of hydrogen-bond donors (Lipinski definition) is 2. The van der Waals surface area contributed by atoms with Gasteiger partial charge in [-0.05, 0) is 42.5 Å². The third-order valence-electron chi connectivity index (χ3n) is 3.81. The van der Waals surface area contributed by atoms with Gasteiger partial charge in [0.25, 0.3) is 5.91 Å². The first-order chi connectivity index (χ1) is 11.4. The number of nitrogens with one attached hydrogen (secondary N) is 2. The van der Waals surface area contributed by atoms with Crippen molar-refractivity contribution >= 4 is 45.7 Å². The van der Waals surface area contributed by atoms with Gasteiger partial charge in [-0.3, -0.25) is 9.59 Å². The van der Waals surface area contributed by atoms with E-state index in [0.717, 1.165) is 16.6 Å². The minimum atomic E-state index is -0.241. The minimum Gasteiger partial charge on any atom is -0.350 e. The summed E-state index contributed by atoms with van der Waals surface area (Å²) in [5, 5.41) is 4.35. The Morgan fingerprint density at radius 3 is 2.46 bits per heavy atom. The number of fused-ring (bicyclic) bond motifs is 1. The molecule has 0 spiro atoms. The molecule has 3 rings (SSSR count). The molecule has 0 radical (unpaired) electrons. The van der Waals surface area contributed by atoms with E-state index in [1.54, 1.807) is 49.5 Å². The molecule has 0 aliphatic heterocycles. The molecule has 1 aromatic heterocycles. The second kappa shape index (κ2) is 6.37. The lowest BCUT2D eigenvalue weighted by atomic mass is 10.2. The number of nitrogens with zero attached hydrogens (tertiary/aromatic N) is 1. The van der Waals surface area contributed by atoms with Crippen LogP contribution in [0.3, 0.4) is 0 Å². The smallest absolute Gasteiger partial charge is 0.272 e. The Hall–Kier alpha value is -2.79. The summed E-state index contributed by atoms with van der Waals surface area (Å²) < 4.78 is 0. The maximum atomic E-state index is 12.4. The summed E-state index contributed by atoms with van der Waals surface area (Å²) in [6.45, 7) is 1.50. The van der Waals surface area contributed by atoms with E-state index in [0.29, 0.717) is 16.4 Å². The Morgan fingerprint density at radius 2 is 1.79 bits per heavy atom. The second-order valence-electron chi connectivity index (χ2n) is 5.49. The number of anilines is 2. The van der Waals surface area contributed by atoms with E-state index in [-0.39, 0.29) is 11.8 Å². The monoisotopic (exact) mass is 341 g/mol. The zero-order chi connectivity index (χ0) is 17.3. The molecule has 2 amide bonds. The summed E-state index contributed by atoms with van der Waals surface area (Å²) in [7, 11) is 1.70. The van der Waals surface area contributed by atoms with Crippen LogP contribution in [0.25, 0.3) is 10.9 Å². The van der Waals surface area contributed by atoms with Crippen molar-refractivity contribution in [3.8, 4) is 0 Å². The fourth-order valence-electron chi connectivity index (χ4n) is 2.37. The summed E-state index contributed by atoms with van der Waals surface area (Å²) in [5.74, 6) is -0.293. The van der Waals surface area contributed by atoms with Crippen molar-refractivity contribution in [1.82, 2.24) is 4.98 Å². The third-order valence-corrected chi connectivity index (χ3v) is 4.05. The first kappa shape index (κ1) is 16.1. The molecule has 0 bridgehead atoms. The molecule has 0 aliphatic rings. The van der Waals surface area contributed by atoms with E-state index < -0.39 is 0 Å². The maximum Gasteiger partial charge on any atom is 0.272 e. The van der Waals surface area contributed by atoms with E-state index in [2.05, 4.69) is 10.3 Å². The first-order valence-corrected chi connectivity index (χ1v) is 7.76. The lowest BCUT2D eigenvalue weighted by molar-refractivity contribution is -0.116. The molecule has 122 valence electrons. The van der Waals surface area contributed by atoms with Crippen molar-refractivity contribution in [3.63, 3.8) is 0 Å². The predicted molar refractivity (Wildman–Crippen MR) is 96.8 cm³/mol. The highest BCUT2D eigenvalue weighted by molar-refractivity contribution is 6.31. The van der Waals surface area contributed by atoms with Crippen LogP contribution in [0.1, 0.15) is 17.4 Å². The average molecular weight is 342 g/mol. The van der Waals surface area contributed by atoms with Gasteiger partial charge in [-0.1, -0.05) is 17.7 Å². The van der Waals surface area contributed by atoms with Crippen molar-refractivity contribution in [1.29, 1.82) is 0 Å². The van der Waals surface area contributed by atoms with Gasteiger partial charge in [0.05, 0.1) is 0 Å². The molecule has 0 saturated heterocycles. The first-order valence-electron chi connectivity index (χ1n) is 7.38. The second-order valence-corrected chi connectivity index (χ2v) is 5.93. The lowest BCUT2D eigenvalue weighted by Crippen LogP contribution is -2.22. The Bertz CT molecular complexity index is 916. The van der Waals surface area contributed by atoms with Crippen LogP contribution < -0.4 is 10.2 Å². The zero-order valence-corrected chi connectivity index (χ0v) is 14.0. The molecular weight excluding hydrogens is 326 g/mol. The van der Waals surface area contributed by atoms with Crippen LogP contribution in [0.2, 0.25) is 5.02 Å². The highest BCUT2D eigenvalue weighted by Crippen LogP contribution is 2.21. The van der Waals surface area contributed by atoms with E-state index in [4.69, 9.17) is 11.6 Å². The molecule has 0 saturated carbocycles. The molecule has 2 N–H and O–H groups in total. The largest absolute Gasteiger partial charge is 0.350 e. The van der Waals surface area contributed by atoms with E-state index in [1.807, 2.05) is 6.07 Å². The number of H-pyrrole nitrogens is 1. The summed E-state index contributed by atoms with van der Waals surface area (Å²) in [6.07, 6.45) is 0. The predicted octanol–water partition coefficient (Wildman–Crippen LogP) is 4.06. The van der Waals surface area contributed by atoms with Crippen molar-refractivity contribution in [2.75, 3.05) is 17.3 Å². The molecule has 1 heterocycles. The fraction of sp³-hybridized carbons (Fsp3) is 0.111. The van der Waals surface area contributed by atoms with Gasteiger partial charge in [-0.25, -0.2) is 0 Å². The van der Waals surface area contributed by atoms with Crippen LogP contribution >= 0.6 is 11.6 Å². The quantitative estimate of drug-likeness (QED) is 0.754. The van der Waals surface area contributed by atoms with Crippen LogP contribution in [0.4, 0.5) is 11.4 Å². The third kappa shape index (κ3) is 3.26. The van der Waals surface area contributed by atoms with Gasteiger partial charge in [-0.2, -0.15) is 0 Å². The van der Waals surface area contributed by atoms with Gasteiger partial charge in [0.2, 0.25) is 5.91 Å². The Morgan fingerprint density at radius 1 is 1.08 bits per heavy atom. The molecule has 0 atom stereocenters. The Kier molecular flexibility index (Phi) is 4.27. The molecule has 5 nitrogen and oxygen atoms in total. The molecule has 0 unspecified atom stereocenters. The molecule has 0 aliphatic carbocycles. The molecular formula is C18H16ClN3O2. The number of rotatable bonds is 3. The van der Waals surface area contributed by atoms with Crippen molar-refractivity contribution in [3.05, 3.63) is 59.2 Å². The van der Waals surface area contributed by atoms with Gasteiger partial charge >= 0.3 is 0 Å². The fourth-order valence-corrected chi connectivity index (χ4v) is 2.54. The van der Waals surface area contributed by atoms with Crippen LogP contribution in [0.5, 0.6) is 0 Å². The van der Waals surface area contributed by atoms with E-state index in [9.17, 15) is 9.59 Å². The summed E-state index contributed by atoms with van der Waals surface area (Å²) in [6, 6.07) is 14.3. The van der Waals surface area contributed by atoms with Crippen molar-refractivity contribution in [2.45, 2.75) is 6.92 Å². The zero-order valence-electron chi connectivity index (χ0n) is 13.3. The Balaban J connectivity index is 1.77. The standard InChI is InChI=1S/C18H16ClN3O2/c1-11(23)22(2)15-7-5-14(6-8-15)20-18(24)17-9-12-3-4-13(19)10-16(12)21-17/h3-10,21H,1-2H3,(H,20,24). The van der Waals surface area contributed by atoms with Crippen LogP contribution in [0, 0.1) is 0 Å². The number of aromatic nitrogens is 1. The van der Waals surface area contributed by atoms with Gasteiger partial charge < -0.3 is 15.2 Å². The van der Waals surface area contributed by atoms with Crippen LogP contribution in [-0.2, 0) is 4.79 Å². The van der Waals surface area contributed by atoms with Gasteiger partial charge in [0, 0.05) is 41.3 Å². The summed E-state index contributed by atoms with van der Waals surface area (Å²) in [4.78, 5) is 28.3. The van der Waals surface area contributed by atoms with E-state index >= 15 is 0 Å². The van der Waals surface area contributed by atoms with Crippen LogP contribution in [0.15, 0.2) is 48.5 Å². The molecule has 0 fully saturated rings. The topological polar surface area (TPSA) is 65.2 Å².